The van der Waals surface area contributed by atoms with E-state index in [0.29, 0.717) is 18.6 Å². The fourth-order valence-electron chi connectivity index (χ4n) is 4.79. The Bertz CT molecular complexity index is 1380. The van der Waals surface area contributed by atoms with E-state index in [1.165, 1.54) is 23.9 Å². The largest absolute Gasteiger partial charge is 0.488 e. The Morgan fingerprint density at radius 3 is 1.89 bits per heavy atom. The van der Waals surface area contributed by atoms with Gasteiger partial charge in [0.25, 0.3) is 0 Å². The highest BCUT2D eigenvalue weighted by atomic mass is 32.2. The van der Waals surface area contributed by atoms with E-state index in [9.17, 15) is 19.8 Å². The summed E-state index contributed by atoms with van der Waals surface area (Å²) in [5.74, 6) is 0.543. The van der Waals surface area contributed by atoms with Crippen LogP contribution in [0.25, 0.3) is 0 Å². The van der Waals surface area contributed by atoms with Crippen LogP contribution >= 0.6 is 11.8 Å². The van der Waals surface area contributed by atoms with Crippen LogP contribution in [-0.4, -0.2) is 50.9 Å². The smallest absolute Gasteiger partial charge is 0.407 e. The summed E-state index contributed by atoms with van der Waals surface area (Å²) in [5, 5.41) is 25.0. The molecule has 7 nitrogen and oxygen atoms in total. The summed E-state index contributed by atoms with van der Waals surface area (Å²) in [6, 6.07) is 26.5. The summed E-state index contributed by atoms with van der Waals surface area (Å²) in [6.45, 7) is 11.3. The normalized spacial score (nSPS) is 14.7. The molecular weight excluding hydrogens is 598 g/mol. The first-order valence-electron chi connectivity index (χ1n) is 15.7. The fourth-order valence-corrected chi connectivity index (χ4v) is 5.73. The first-order valence-corrected chi connectivity index (χ1v) is 16.7. The van der Waals surface area contributed by atoms with Crippen LogP contribution < -0.4 is 10.1 Å². The van der Waals surface area contributed by atoms with Crippen molar-refractivity contribution in [2.24, 2.45) is 5.92 Å². The molecule has 0 aliphatic heterocycles. The van der Waals surface area contributed by atoms with Gasteiger partial charge < -0.3 is 25.0 Å². The number of aliphatic hydroxyl groups is 2. The fraction of sp³-hybridized carbons (Fsp3) is 0.421. The third kappa shape index (κ3) is 14.2. The highest BCUT2D eigenvalue weighted by Crippen LogP contribution is 2.25. The number of hydrogen-bond donors (Lipinski definition) is 3. The lowest BCUT2D eigenvalue weighted by molar-refractivity contribution is -0.116. The molecule has 46 heavy (non-hydrogen) atoms. The number of ether oxygens (including phenoxy) is 2. The molecule has 0 spiro atoms. The number of thioether (sulfide) groups is 1. The van der Waals surface area contributed by atoms with Crippen LogP contribution in [0.1, 0.15) is 64.7 Å². The SMILES string of the molecule is CC(C)(C)OC(=O)N[C@@H](Cc1ccc(OC(C)(C)C)cc1)C[C@H](O)C=C[C@@H](O)[C@H](Cc1ccccc1)C(=O)SCc1ccccc1. The topological polar surface area (TPSA) is 105 Å². The minimum absolute atomic E-state index is 0.122. The van der Waals surface area contributed by atoms with Crippen molar-refractivity contribution < 1.29 is 29.3 Å². The van der Waals surface area contributed by atoms with Gasteiger partial charge in [-0.25, -0.2) is 4.79 Å². The van der Waals surface area contributed by atoms with Crippen molar-refractivity contribution in [2.45, 2.75) is 96.0 Å². The number of aliphatic hydroxyl groups excluding tert-OH is 2. The highest BCUT2D eigenvalue weighted by Gasteiger charge is 2.27. The van der Waals surface area contributed by atoms with Gasteiger partial charge in [-0.3, -0.25) is 4.79 Å². The molecule has 248 valence electrons. The van der Waals surface area contributed by atoms with E-state index in [1.807, 2.05) is 106 Å². The van der Waals surface area contributed by atoms with E-state index in [2.05, 4.69) is 5.32 Å². The molecule has 1 amide bonds. The molecule has 3 aromatic rings. The number of carbonyl (C=O) groups excluding carboxylic acids is 2. The molecular formula is C38H49NO6S. The Hall–Kier alpha value is -3.59. The lowest BCUT2D eigenvalue weighted by Gasteiger charge is -2.25. The summed E-state index contributed by atoms with van der Waals surface area (Å²) in [7, 11) is 0. The molecule has 0 aliphatic rings. The second kappa shape index (κ2) is 17.4. The predicted molar refractivity (Wildman–Crippen MR) is 186 cm³/mol. The second-order valence-electron chi connectivity index (χ2n) is 13.5. The molecule has 0 unspecified atom stereocenters. The molecule has 0 radical (unpaired) electrons. The van der Waals surface area contributed by atoms with E-state index in [4.69, 9.17) is 9.47 Å². The summed E-state index contributed by atoms with van der Waals surface area (Å²) >= 11 is 1.18. The zero-order chi connectivity index (χ0) is 33.7. The van der Waals surface area contributed by atoms with Crippen LogP contribution in [0.15, 0.2) is 97.1 Å². The van der Waals surface area contributed by atoms with Crippen LogP contribution in [-0.2, 0) is 28.1 Å². The van der Waals surface area contributed by atoms with E-state index >= 15 is 0 Å². The minimum Gasteiger partial charge on any atom is -0.488 e. The van der Waals surface area contributed by atoms with Crippen molar-refractivity contribution in [3.8, 4) is 5.75 Å². The average molecular weight is 648 g/mol. The van der Waals surface area contributed by atoms with E-state index in [-0.39, 0.29) is 17.1 Å². The molecule has 0 fully saturated rings. The van der Waals surface area contributed by atoms with Gasteiger partial charge >= 0.3 is 6.09 Å². The maximum absolute atomic E-state index is 13.4. The number of amides is 1. The Kier molecular flexibility index (Phi) is 13.9. The monoisotopic (exact) mass is 647 g/mol. The maximum atomic E-state index is 13.4. The molecule has 4 atom stereocenters. The zero-order valence-electron chi connectivity index (χ0n) is 27.8. The number of alkyl carbamates (subject to hydrolysis) is 1. The number of hydrogen-bond acceptors (Lipinski definition) is 7. The Morgan fingerprint density at radius 2 is 1.33 bits per heavy atom. The lowest BCUT2D eigenvalue weighted by Crippen LogP contribution is -2.41. The van der Waals surface area contributed by atoms with Crippen molar-refractivity contribution in [2.75, 3.05) is 0 Å². The molecule has 0 aliphatic carbocycles. The van der Waals surface area contributed by atoms with Crippen molar-refractivity contribution in [1.82, 2.24) is 5.32 Å². The van der Waals surface area contributed by atoms with Crippen LogP contribution in [0.2, 0.25) is 0 Å². The number of rotatable bonds is 14. The molecule has 3 aromatic carbocycles. The minimum atomic E-state index is -1.11. The Labute approximate surface area is 278 Å². The summed E-state index contributed by atoms with van der Waals surface area (Å²) in [5.41, 5.74) is 1.91. The molecule has 3 N–H and O–H groups in total. The van der Waals surface area contributed by atoms with Crippen molar-refractivity contribution in [3.63, 3.8) is 0 Å². The zero-order valence-corrected chi connectivity index (χ0v) is 28.6. The van der Waals surface area contributed by atoms with E-state index in [0.717, 1.165) is 22.4 Å². The van der Waals surface area contributed by atoms with Crippen molar-refractivity contribution >= 4 is 23.0 Å². The van der Waals surface area contributed by atoms with E-state index < -0.39 is 35.9 Å². The van der Waals surface area contributed by atoms with Crippen LogP contribution in [0.4, 0.5) is 4.79 Å². The van der Waals surface area contributed by atoms with Crippen LogP contribution in [0.5, 0.6) is 5.75 Å². The van der Waals surface area contributed by atoms with Gasteiger partial charge in [-0.15, -0.1) is 0 Å². The molecule has 0 heterocycles. The van der Waals surface area contributed by atoms with Gasteiger partial charge in [0.2, 0.25) is 0 Å². The molecule has 0 aromatic heterocycles. The van der Waals surface area contributed by atoms with Gasteiger partial charge in [0.05, 0.1) is 18.1 Å². The van der Waals surface area contributed by atoms with Gasteiger partial charge in [0.15, 0.2) is 5.12 Å². The van der Waals surface area contributed by atoms with Gasteiger partial charge in [0, 0.05) is 11.8 Å². The summed E-state index contributed by atoms with van der Waals surface area (Å²) in [6.07, 6.45) is 1.27. The molecule has 0 saturated heterocycles. The van der Waals surface area contributed by atoms with Crippen molar-refractivity contribution in [1.29, 1.82) is 0 Å². The average Bonchev–Trinajstić information content (AvgIpc) is 2.97. The highest BCUT2D eigenvalue weighted by molar-refractivity contribution is 8.13. The lowest BCUT2D eigenvalue weighted by atomic mass is 9.94. The Balaban J connectivity index is 1.71. The number of nitrogens with one attached hydrogen (secondary N) is 1. The number of carbonyl (C=O) groups is 2. The first kappa shape index (κ1) is 36.9. The molecule has 3 rings (SSSR count). The third-order valence-electron chi connectivity index (χ3n) is 6.84. The van der Waals surface area contributed by atoms with Crippen LogP contribution in [0.3, 0.4) is 0 Å². The molecule has 0 saturated carbocycles. The maximum Gasteiger partial charge on any atom is 0.407 e. The van der Waals surface area contributed by atoms with Crippen molar-refractivity contribution in [3.05, 3.63) is 114 Å². The molecule has 8 heteroatoms. The summed E-state index contributed by atoms with van der Waals surface area (Å²) in [4.78, 5) is 26.0. The van der Waals surface area contributed by atoms with E-state index in [1.54, 1.807) is 20.8 Å². The quantitative estimate of drug-likeness (QED) is 0.158. The van der Waals surface area contributed by atoms with Gasteiger partial charge in [0.1, 0.15) is 17.0 Å². The third-order valence-corrected chi connectivity index (χ3v) is 7.91. The molecule has 0 bridgehead atoms. The van der Waals surface area contributed by atoms with Crippen LogP contribution in [0, 0.1) is 5.92 Å². The standard InChI is InChI=1S/C38H49NO6S/c1-37(2,3)44-32-20-17-28(18-21-32)23-30(39-36(43)45-38(4,5)6)25-31(40)19-22-34(41)33(24-27-13-9-7-10-14-27)35(42)46-26-29-15-11-8-12-16-29/h7-22,30-31,33-34,40-41H,23-26H2,1-6H3,(H,39,43)/t30-,31+,33-,34+/m0/s1. The van der Waals surface area contributed by atoms with Gasteiger partial charge in [-0.05, 0) is 89.6 Å². The Morgan fingerprint density at radius 1 is 0.761 bits per heavy atom. The predicted octanol–water partition coefficient (Wildman–Crippen LogP) is 7.29. The second-order valence-corrected chi connectivity index (χ2v) is 14.5. The first-order chi connectivity index (χ1) is 21.7. The van der Waals surface area contributed by atoms with Gasteiger partial charge in [-0.1, -0.05) is 96.7 Å². The number of benzene rings is 3. The van der Waals surface area contributed by atoms with Gasteiger partial charge in [-0.2, -0.15) is 0 Å². The summed E-state index contributed by atoms with van der Waals surface area (Å²) < 4.78 is 11.4.